The van der Waals surface area contributed by atoms with Crippen molar-refractivity contribution >= 4 is 5.82 Å². The number of benzene rings is 2. The number of hydrogen-bond donors (Lipinski definition) is 1. The lowest BCUT2D eigenvalue weighted by Gasteiger charge is -2.44. The Kier molecular flexibility index (Phi) is 4.76. The number of H-pyrrole nitrogens is 1. The number of nitrogens with one attached hydrogen (secondary N) is 1. The predicted molar refractivity (Wildman–Crippen MR) is 106 cm³/mol. The quantitative estimate of drug-likeness (QED) is 0.775. The number of aromatic amines is 1. The third kappa shape index (κ3) is 3.25. The van der Waals surface area contributed by atoms with Crippen molar-refractivity contribution in [3.05, 3.63) is 83.8 Å². The van der Waals surface area contributed by atoms with Gasteiger partial charge in [0.1, 0.15) is 5.82 Å². The average molecular weight is 346 g/mol. The van der Waals surface area contributed by atoms with Gasteiger partial charge in [-0.2, -0.15) is 0 Å². The van der Waals surface area contributed by atoms with Gasteiger partial charge < -0.3 is 9.88 Å². The van der Waals surface area contributed by atoms with Crippen LogP contribution in [0.3, 0.4) is 0 Å². The SMILES string of the molecule is Cc1[nH]cnc1N1CCN(C(c2ccccc2)c2ccccc2)C(C)C1. The third-order valence-electron chi connectivity index (χ3n) is 5.34. The maximum absolute atomic E-state index is 4.51. The Morgan fingerprint density at radius 1 is 0.962 bits per heavy atom. The van der Waals surface area contributed by atoms with Gasteiger partial charge >= 0.3 is 0 Å². The Morgan fingerprint density at radius 3 is 2.08 bits per heavy atom. The summed E-state index contributed by atoms with van der Waals surface area (Å²) >= 11 is 0. The molecule has 1 aromatic heterocycles. The minimum atomic E-state index is 0.287. The first-order valence-electron chi connectivity index (χ1n) is 9.34. The van der Waals surface area contributed by atoms with Crippen molar-refractivity contribution in [1.82, 2.24) is 14.9 Å². The van der Waals surface area contributed by atoms with Crippen LogP contribution in [0.25, 0.3) is 0 Å². The molecule has 0 radical (unpaired) electrons. The van der Waals surface area contributed by atoms with Crippen LogP contribution in [0.1, 0.15) is 29.8 Å². The molecule has 1 N–H and O–H groups in total. The molecule has 2 aromatic carbocycles. The van der Waals surface area contributed by atoms with Crippen LogP contribution in [0.5, 0.6) is 0 Å². The zero-order valence-electron chi connectivity index (χ0n) is 15.5. The molecule has 1 aliphatic rings. The zero-order valence-corrected chi connectivity index (χ0v) is 15.5. The second-order valence-electron chi connectivity index (χ2n) is 7.11. The minimum Gasteiger partial charge on any atom is -0.352 e. The fraction of sp³-hybridized carbons (Fsp3) is 0.318. The van der Waals surface area contributed by atoms with E-state index in [1.807, 2.05) is 0 Å². The second kappa shape index (κ2) is 7.34. The summed E-state index contributed by atoms with van der Waals surface area (Å²) in [6.45, 7) is 7.42. The smallest absolute Gasteiger partial charge is 0.149 e. The van der Waals surface area contributed by atoms with E-state index in [4.69, 9.17) is 0 Å². The summed E-state index contributed by atoms with van der Waals surface area (Å²) in [5.41, 5.74) is 3.86. The van der Waals surface area contributed by atoms with Crippen molar-refractivity contribution in [1.29, 1.82) is 0 Å². The Labute approximate surface area is 155 Å². The molecule has 4 rings (SSSR count). The molecule has 26 heavy (non-hydrogen) atoms. The van der Waals surface area contributed by atoms with Crippen molar-refractivity contribution in [2.45, 2.75) is 25.9 Å². The number of anilines is 1. The van der Waals surface area contributed by atoms with E-state index < -0.39 is 0 Å². The van der Waals surface area contributed by atoms with Crippen LogP contribution in [0.4, 0.5) is 5.82 Å². The molecule has 0 aliphatic carbocycles. The van der Waals surface area contributed by atoms with Crippen LogP contribution in [-0.4, -0.2) is 40.5 Å². The summed E-state index contributed by atoms with van der Waals surface area (Å²) in [5, 5.41) is 0. The fourth-order valence-corrected chi connectivity index (χ4v) is 4.06. The molecular weight excluding hydrogens is 320 g/mol. The van der Waals surface area contributed by atoms with E-state index in [9.17, 15) is 0 Å². The van der Waals surface area contributed by atoms with Crippen LogP contribution in [0.15, 0.2) is 67.0 Å². The van der Waals surface area contributed by atoms with Gasteiger partial charge in [-0.05, 0) is 25.0 Å². The van der Waals surface area contributed by atoms with Gasteiger partial charge in [0.05, 0.1) is 18.1 Å². The minimum absolute atomic E-state index is 0.287. The molecule has 1 aliphatic heterocycles. The Balaban J connectivity index is 1.62. The zero-order chi connectivity index (χ0) is 17.9. The van der Waals surface area contributed by atoms with E-state index in [2.05, 4.69) is 94.3 Å². The van der Waals surface area contributed by atoms with Gasteiger partial charge in [-0.1, -0.05) is 60.7 Å². The molecule has 4 heteroatoms. The molecular formula is C22H26N4. The molecule has 1 atom stereocenters. The summed E-state index contributed by atoms with van der Waals surface area (Å²) in [4.78, 5) is 12.7. The molecule has 0 amide bonds. The Hall–Kier alpha value is -2.59. The number of rotatable bonds is 4. The summed E-state index contributed by atoms with van der Waals surface area (Å²) in [5.74, 6) is 1.09. The van der Waals surface area contributed by atoms with Gasteiger partial charge in [0.15, 0.2) is 0 Å². The normalized spacial score (nSPS) is 18.4. The van der Waals surface area contributed by atoms with E-state index in [1.165, 1.54) is 11.1 Å². The van der Waals surface area contributed by atoms with E-state index in [1.54, 1.807) is 6.33 Å². The van der Waals surface area contributed by atoms with Crippen molar-refractivity contribution in [2.75, 3.05) is 24.5 Å². The first-order valence-corrected chi connectivity index (χ1v) is 9.34. The molecule has 4 nitrogen and oxygen atoms in total. The molecule has 2 heterocycles. The van der Waals surface area contributed by atoms with Gasteiger partial charge in [0, 0.05) is 25.7 Å². The van der Waals surface area contributed by atoms with Gasteiger partial charge in [-0.25, -0.2) is 4.98 Å². The van der Waals surface area contributed by atoms with E-state index in [-0.39, 0.29) is 6.04 Å². The van der Waals surface area contributed by atoms with Crippen LogP contribution in [0.2, 0.25) is 0 Å². The average Bonchev–Trinajstić information content (AvgIpc) is 3.11. The maximum Gasteiger partial charge on any atom is 0.149 e. The first kappa shape index (κ1) is 16.9. The topological polar surface area (TPSA) is 35.2 Å². The highest BCUT2D eigenvalue weighted by Crippen LogP contribution is 2.32. The van der Waals surface area contributed by atoms with Crippen molar-refractivity contribution in [3.8, 4) is 0 Å². The van der Waals surface area contributed by atoms with E-state index in [0.29, 0.717) is 6.04 Å². The molecule has 3 aromatic rings. The standard InChI is InChI=1S/C22H26N4/c1-17-15-25(22-18(2)23-16-24-22)13-14-26(17)21(19-9-5-3-6-10-19)20-11-7-4-8-12-20/h3-12,16-17,21H,13-15H2,1-2H3,(H,23,24). The number of aromatic nitrogens is 2. The van der Waals surface area contributed by atoms with Gasteiger partial charge in [-0.3, -0.25) is 4.90 Å². The highest BCUT2D eigenvalue weighted by molar-refractivity contribution is 5.44. The van der Waals surface area contributed by atoms with Crippen molar-refractivity contribution in [3.63, 3.8) is 0 Å². The van der Waals surface area contributed by atoms with Gasteiger partial charge in [0.25, 0.3) is 0 Å². The monoisotopic (exact) mass is 346 g/mol. The Bertz CT molecular complexity index is 788. The lowest BCUT2D eigenvalue weighted by Crippen LogP contribution is -2.53. The number of nitrogens with zero attached hydrogens (tertiary/aromatic N) is 3. The second-order valence-corrected chi connectivity index (χ2v) is 7.11. The summed E-state index contributed by atoms with van der Waals surface area (Å²) in [7, 11) is 0. The van der Waals surface area contributed by atoms with Gasteiger partial charge in [0.2, 0.25) is 0 Å². The van der Waals surface area contributed by atoms with Crippen LogP contribution in [-0.2, 0) is 0 Å². The highest BCUT2D eigenvalue weighted by Gasteiger charge is 2.32. The maximum atomic E-state index is 4.51. The molecule has 1 saturated heterocycles. The molecule has 1 unspecified atom stereocenters. The number of hydrogen-bond acceptors (Lipinski definition) is 3. The summed E-state index contributed by atoms with van der Waals surface area (Å²) in [6, 6.07) is 22.4. The Morgan fingerprint density at radius 2 is 1.58 bits per heavy atom. The highest BCUT2D eigenvalue weighted by atomic mass is 15.3. The van der Waals surface area contributed by atoms with Crippen molar-refractivity contribution < 1.29 is 0 Å². The summed E-state index contributed by atoms with van der Waals surface area (Å²) < 4.78 is 0. The van der Waals surface area contributed by atoms with Crippen LogP contribution < -0.4 is 4.90 Å². The van der Waals surface area contributed by atoms with E-state index >= 15 is 0 Å². The molecule has 0 saturated carbocycles. The first-order chi connectivity index (χ1) is 12.7. The van der Waals surface area contributed by atoms with E-state index in [0.717, 1.165) is 31.1 Å². The third-order valence-corrected chi connectivity index (χ3v) is 5.34. The lowest BCUT2D eigenvalue weighted by molar-refractivity contribution is 0.149. The summed E-state index contributed by atoms with van der Waals surface area (Å²) in [6.07, 6.45) is 1.79. The molecule has 1 fully saturated rings. The predicted octanol–water partition coefficient (Wildman–Crippen LogP) is 4.02. The molecule has 0 spiro atoms. The largest absolute Gasteiger partial charge is 0.352 e. The van der Waals surface area contributed by atoms with Crippen LogP contribution >= 0.6 is 0 Å². The number of imidazole rings is 1. The fourth-order valence-electron chi connectivity index (χ4n) is 4.06. The van der Waals surface area contributed by atoms with Crippen molar-refractivity contribution in [2.24, 2.45) is 0 Å². The molecule has 0 bridgehead atoms. The van der Waals surface area contributed by atoms with Crippen LogP contribution in [0, 0.1) is 6.92 Å². The van der Waals surface area contributed by atoms with Gasteiger partial charge in [-0.15, -0.1) is 0 Å². The molecule has 134 valence electrons. The number of piperazine rings is 1. The lowest BCUT2D eigenvalue weighted by atomic mass is 9.95. The number of aryl methyl sites for hydroxylation is 1.